The molecule has 1 aromatic heterocycles. The minimum atomic E-state index is -0.356. The molecule has 0 saturated heterocycles. The summed E-state index contributed by atoms with van der Waals surface area (Å²) in [4.78, 5) is 15.9. The molecule has 25 heavy (non-hydrogen) atoms. The molecule has 3 aromatic rings. The molecule has 2 aromatic carbocycles. The molecule has 0 aliphatic rings. The zero-order valence-electron chi connectivity index (χ0n) is 13.9. The molecule has 0 radical (unpaired) electrons. The van der Waals surface area contributed by atoms with E-state index in [-0.39, 0.29) is 17.5 Å². The highest BCUT2D eigenvalue weighted by Gasteiger charge is 2.20. The first-order valence-corrected chi connectivity index (χ1v) is 8.29. The summed E-state index contributed by atoms with van der Waals surface area (Å²) in [5, 5.41) is 0.577. The number of nitrogen functional groups attached to an aromatic ring is 1. The summed E-state index contributed by atoms with van der Waals surface area (Å²) in [7, 11) is 0. The minimum Gasteiger partial charge on any atom is -0.399 e. The number of aryl methyl sites for hydroxylation is 1. The Kier molecular flexibility index (Phi) is 4.64. The van der Waals surface area contributed by atoms with Crippen molar-refractivity contribution >= 4 is 23.1 Å². The van der Waals surface area contributed by atoms with Crippen molar-refractivity contribution < 1.29 is 9.18 Å². The number of carbonyl (C=O) groups excluding carboxylic acids is 1. The van der Waals surface area contributed by atoms with E-state index in [1.165, 1.54) is 6.07 Å². The largest absolute Gasteiger partial charge is 0.399 e. The number of ketones is 1. The zero-order valence-corrected chi connectivity index (χ0v) is 14.7. The molecular weight excluding hydrogens is 339 g/mol. The fourth-order valence-electron chi connectivity index (χ4n) is 2.86. The topological polar surface area (TPSA) is 58.9 Å². The van der Waals surface area contributed by atoms with Crippen molar-refractivity contribution in [1.82, 2.24) is 4.98 Å². The molecule has 128 valence electrons. The highest BCUT2D eigenvalue weighted by molar-refractivity contribution is 6.30. The van der Waals surface area contributed by atoms with E-state index in [2.05, 4.69) is 4.98 Å². The first-order chi connectivity index (χ1) is 11.9. The van der Waals surface area contributed by atoms with E-state index in [0.29, 0.717) is 27.5 Å². The predicted octanol–water partition coefficient (Wildman–Crippen LogP) is 5.08. The van der Waals surface area contributed by atoms with Crippen LogP contribution in [0.2, 0.25) is 5.02 Å². The first kappa shape index (κ1) is 17.2. The van der Waals surface area contributed by atoms with Gasteiger partial charge in [0.1, 0.15) is 5.82 Å². The molecule has 0 aliphatic carbocycles. The highest BCUT2D eigenvalue weighted by Crippen LogP contribution is 2.29. The second-order valence-electron chi connectivity index (χ2n) is 6.12. The second-order valence-corrected chi connectivity index (χ2v) is 6.56. The Balaban J connectivity index is 1.94. The molecule has 0 saturated carbocycles. The van der Waals surface area contributed by atoms with E-state index >= 15 is 0 Å². The molecule has 1 heterocycles. The quantitative estimate of drug-likeness (QED) is 0.506. The van der Waals surface area contributed by atoms with Gasteiger partial charge in [-0.05, 0) is 60.5 Å². The van der Waals surface area contributed by atoms with Crippen molar-refractivity contribution in [3.8, 4) is 0 Å². The Bertz CT molecular complexity index is 931. The van der Waals surface area contributed by atoms with E-state index in [1.54, 1.807) is 36.4 Å². The number of carbonyl (C=O) groups is 1. The van der Waals surface area contributed by atoms with Crippen LogP contribution in [-0.4, -0.2) is 10.8 Å². The third-order valence-electron chi connectivity index (χ3n) is 4.33. The first-order valence-electron chi connectivity index (χ1n) is 7.91. The van der Waals surface area contributed by atoms with Crippen LogP contribution in [0.1, 0.15) is 45.7 Å². The number of aromatic nitrogens is 1. The maximum atomic E-state index is 14.2. The van der Waals surface area contributed by atoms with Gasteiger partial charge in [0, 0.05) is 27.9 Å². The Morgan fingerprint density at radius 3 is 2.48 bits per heavy atom. The number of hydrogen-bond donors (Lipinski definition) is 2. The van der Waals surface area contributed by atoms with Gasteiger partial charge in [-0.3, -0.25) is 4.79 Å². The van der Waals surface area contributed by atoms with Crippen LogP contribution in [0.15, 0.2) is 48.5 Å². The van der Waals surface area contributed by atoms with E-state index in [4.69, 9.17) is 17.3 Å². The number of benzene rings is 2. The van der Waals surface area contributed by atoms with Crippen molar-refractivity contribution in [2.24, 2.45) is 0 Å². The Labute approximate surface area is 150 Å². The number of halogens is 2. The lowest BCUT2D eigenvalue weighted by Crippen LogP contribution is -2.05. The monoisotopic (exact) mass is 356 g/mol. The van der Waals surface area contributed by atoms with Gasteiger partial charge in [-0.15, -0.1) is 0 Å². The molecule has 1 unspecified atom stereocenters. The molecule has 0 amide bonds. The number of nitrogens with one attached hydrogen (secondary N) is 1. The van der Waals surface area contributed by atoms with Gasteiger partial charge in [-0.2, -0.15) is 0 Å². The van der Waals surface area contributed by atoms with E-state index in [0.717, 1.165) is 11.3 Å². The molecule has 3 rings (SSSR count). The van der Waals surface area contributed by atoms with Crippen molar-refractivity contribution in [3.63, 3.8) is 0 Å². The fourth-order valence-corrected chi connectivity index (χ4v) is 2.99. The van der Waals surface area contributed by atoms with Gasteiger partial charge >= 0.3 is 0 Å². The van der Waals surface area contributed by atoms with Crippen LogP contribution in [0.25, 0.3) is 0 Å². The van der Waals surface area contributed by atoms with Crippen molar-refractivity contribution in [3.05, 3.63) is 87.4 Å². The summed E-state index contributed by atoms with van der Waals surface area (Å²) in [6.07, 6.45) is 0. The standard InChI is InChI=1S/C20H18ClFN2O/c1-11-9-18(12(2)16-8-7-15(23)10-17(16)22)24-19(11)20(25)13-3-5-14(21)6-4-13/h3-10,12,24H,23H2,1-2H3. The van der Waals surface area contributed by atoms with E-state index < -0.39 is 0 Å². The molecule has 0 spiro atoms. The van der Waals surface area contributed by atoms with Gasteiger partial charge < -0.3 is 10.7 Å². The van der Waals surface area contributed by atoms with Crippen LogP contribution >= 0.6 is 11.6 Å². The third kappa shape index (κ3) is 3.44. The van der Waals surface area contributed by atoms with Crippen LogP contribution in [-0.2, 0) is 0 Å². The number of H-pyrrole nitrogens is 1. The summed E-state index contributed by atoms with van der Waals surface area (Å²) in [6.45, 7) is 3.74. The second kappa shape index (κ2) is 6.73. The minimum absolute atomic E-state index is 0.120. The lowest BCUT2D eigenvalue weighted by molar-refractivity contribution is 0.103. The fraction of sp³-hybridized carbons (Fsp3) is 0.150. The average Bonchev–Trinajstić information content (AvgIpc) is 2.96. The van der Waals surface area contributed by atoms with Crippen LogP contribution in [0.4, 0.5) is 10.1 Å². The molecule has 0 fully saturated rings. The highest BCUT2D eigenvalue weighted by atomic mass is 35.5. The van der Waals surface area contributed by atoms with Crippen molar-refractivity contribution in [2.45, 2.75) is 19.8 Å². The van der Waals surface area contributed by atoms with Crippen molar-refractivity contribution in [2.75, 3.05) is 5.73 Å². The van der Waals surface area contributed by atoms with Gasteiger partial charge in [0.2, 0.25) is 5.78 Å². The summed E-state index contributed by atoms with van der Waals surface area (Å²) >= 11 is 5.87. The molecular formula is C20H18ClFN2O. The lowest BCUT2D eigenvalue weighted by atomic mass is 9.97. The smallest absolute Gasteiger partial charge is 0.209 e. The van der Waals surface area contributed by atoms with E-state index in [9.17, 15) is 9.18 Å². The molecule has 5 heteroatoms. The number of hydrogen-bond acceptors (Lipinski definition) is 2. The Morgan fingerprint density at radius 1 is 1.16 bits per heavy atom. The van der Waals surface area contributed by atoms with Crippen LogP contribution in [0, 0.1) is 12.7 Å². The third-order valence-corrected chi connectivity index (χ3v) is 4.58. The SMILES string of the molecule is Cc1cc(C(C)c2ccc(N)cc2F)[nH]c1C(=O)c1ccc(Cl)cc1. The lowest BCUT2D eigenvalue weighted by Gasteiger charge is -2.12. The molecule has 1 atom stereocenters. The maximum absolute atomic E-state index is 14.2. The van der Waals surface area contributed by atoms with Gasteiger partial charge in [-0.1, -0.05) is 24.6 Å². The Hall–Kier alpha value is -2.59. The van der Waals surface area contributed by atoms with Gasteiger partial charge in [0.05, 0.1) is 5.69 Å². The van der Waals surface area contributed by atoms with Crippen LogP contribution in [0.3, 0.4) is 0 Å². The van der Waals surface area contributed by atoms with Gasteiger partial charge in [0.25, 0.3) is 0 Å². The summed E-state index contributed by atoms with van der Waals surface area (Å²) in [5.74, 6) is -0.707. The van der Waals surface area contributed by atoms with Crippen molar-refractivity contribution in [1.29, 1.82) is 0 Å². The number of nitrogens with two attached hydrogens (primary N) is 1. The van der Waals surface area contributed by atoms with Crippen LogP contribution < -0.4 is 5.73 Å². The summed E-state index contributed by atoms with van der Waals surface area (Å²) in [6, 6.07) is 13.3. The number of aromatic amines is 1. The normalized spacial score (nSPS) is 12.2. The molecule has 0 aliphatic heterocycles. The predicted molar refractivity (Wildman–Crippen MR) is 98.7 cm³/mol. The summed E-state index contributed by atoms with van der Waals surface area (Å²) < 4.78 is 14.2. The van der Waals surface area contributed by atoms with Gasteiger partial charge in [-0.25, -0.2) is 4.39 Å². The van der Waals surface area contributed by atoms with Gasteiger partial charge in [0.15, 0.2) is 0 Å². The number of anilines is 1. The maximum Gasteiger partial charge on any atom is 0.209 e. The molecule has 3 nitrogen and oxygen atoms in total. The zero-order chi connectivity index (χ0) is 18.1. The molecule has 3 N–H and O–H groups in total. The summed E-state index contributed by atoms with van der Waals surface area (Å²) in [5.41, 5.74) is 9.16. The van der Waals surface area contributed by atoms with E-state index in [1.807, 2.05) is 19.9 Å². The number of rotatable bonds is 4. The Morgan fingerprint density at radius 2 is 1.84 bits per heavy atom. The van der Waals surface area contributed by atoms with Crippen LogP contribution in [0.5, 0.6) is 0 Å². The molecule has 0 bridgehead atoms. The average molecular weight is 357 g/mol.